The van der Waals surface area contributed by atoms with Crippen molar-refractivity contribution in [3.63, 3.8) is 0 Å². The molecule has 0 aliphatic rings. The van der Waals surface area contributed by atoms with Gasteiger partial charge in [0.05, 0.1) is 13.2 Å². The Hall–Kier alpha value is -4.08. The van der Waals surface area contributed by atoms with E-state index >= 15 is 0 Å². The Bertz CT molecular complexity index is 861. The molecular formula is C24H30N4O6. The van der Waals surface area contributed by atoms with Gasteiger partial charge in [-0.25, -0.2) is 9.59 Å². The van der Waals surface area contributed by atoms with Crippen molar-refractivity contribution in [3.05, 3.63) is 60.7 Å². The van der Waals surface area contributed by atoms with Crippen LogP contribution in [0, 0.1) is 0 Å². The molecule has 0 fully saturated rings. The highest BCUT2D eigenvalue weighted by Gasteiger charge is 2.18. The summed E-state index contributed by atoms with van der Waals surface area (Å²) in [7, 11) is 0. The Morgan fingerprint density at radius 2 is 0.941 bits per heavy atom. The zero-order valence-corrected chi connectivity index (χ0v) is 18.9. The van der Waals surface area contributed by atoms with E-state index in [4.69, 9.17) is 20.9 Å². The Kier molecular flexibility index (Phi) is 10.9. The van der Waals surface area contributed by atoms with E-state index in [1.165, 1.54) is 0 Å². The molecule has 10 nitrogen and oxygen atoms in total. The third-order valence-electron chi connectivity index (χ3n) is 4.81. The minimum absolute atomic E-state index is 0.213. The molecule has 0 radical (unpaired) electrons. The van der Waals surface area contributed by atoms with Gasteiger partial charge in [0.1, 0.15) is 13.1 Å². The standard InChI is InChI=1S/C24H30N4O6/c25-23(31)27(19-11-5-3-6-12-19)17-21(29)33-15-9-1-2-10-16-34-22(30)18-28(24(26)32)20-13-7-4-8-14-20/h3-8,11-14H,1-2,9-10,15-18H2,(H2,25,31)(H2,26,32). The molecule has 4 N–H and O–H groups in total. The quantitative estimate of drug-likeness (QED) is 0.340. The lowest BCUT2D eigenvalue weighted by Gasteiger charge is -2.19. The number of esters is 2. The van der Waals surface area contributed by atoms with Crippen molar-refractivity contribution in [2.24, 2.45) is 11.5 Å². The van der Waals surface area contributed by atoms with Crippen LogP contribution in [0.25, 0.3) is 0 Å². The van der Waals surface area contributed by atoms with Gasteiger partial charge in [0.2, 0.25) is 0 Å². The number of unbranched alkanes of at least 4 members (excludes halogenated alkanes) is 3. The molecule has 0 unspecified atom stereocenters. The van der Waals surface area contributed by atoms with E-state index in [0.29, 0.717) is 24.2 Å². The van der Waals surface area contributed by atoms with Crippen molar-refractivity contribution in [1.29, 1.82) is 0 Å². The monoisotopic (exact) mass is 470 g/mol. The number of nitrogens with two attached hydrogens (primary N) is 2. The molecule has 0 bridgehead atoms. The van der Waals surface area contributed by atoms with Crippen LogP contribution in [0.1, 0.15) is 25.7 Å². The molecule has 0 aliphatic carbocycles. The summed E-state index contributed by atoms with van der Waals surface area (Å²) in [5.41, 5.74) is 11.7. The second-order valence-corrected chi connectivity index (χ2v) is 7.38. The molecule has 0 saturated carbocycles. The predicted octanol–water partition coefficient (Wildman–Crippen LogP) is 2.80. The van der Waals surface area contributed by atoms with E-state index in [1.807, 2.05) is 0 Å². The number of hydrogen-bond donors (Lipinski definition) is 2. The summed E-state index contributed by atoms with van der Waals surface area (Å²) < 4.78 is 10.3. The minimum atomic E-state index is -0.736. The Labute approximate surface area is 198 Å². The van der Waals surface area contributed by atoms with E-state index in [9.17, 15) is 19.2 Å². The third-order valence-corrected chi connectivity index (χ3v) is 4.81. The van der Waals surface area contributed by atoms with E-state index in [2.05, 4.69) is 0 Å². The van der Waals surface area contributed by atoms with Gasteiger partial charge in [0, 0.05) is 11.4 Å². The zero-order chi connectivity index (χ0) is 24.8. The molecular weight excluding hydrogens is 440 g/mol. The van der Waals surface area contributed by atoms with Crippen LogP contribution in [0.3, 0.4) is 0 Å². The fraction of sp³-hybridized carbons (Fsp3) is 0.333. The van der Waals surface area contributed by atoms with E-state index in [0.717, 1.165) is 22.6 Å². The van der Waals surface area contributed by atoms with E-state index in [-0.39, 0.29) is 26.3 Å². The van der Waals surface area contributed by atoms with Crippen molar-refractivity contribution in [2.45, 2.75) is 25.7 Å². The van der Waals surface area contributed by atoms with Crippen LogP contribution in [0.15, 0.2) is 60.7 Å². The average Bonchev–Trinajstić information content (AvgIpc) is 2.83. The number of rotatable bonds is 13. The fourth-order valence-corrected chi connectivity index (χ4v) is 3.09. The Balaban J connectivity index is 1.57. The summed E-state index contributed by atoms with van der Waals surface area (Å²) >= 11 is 0. The predicted molar refractivity (Wildman–Crippen MR) is 127 cm³/mol. The van der Waals surface area contributed by atoms with Gasteiger partial charge in [-0.3, -0.25) is 19.4 Å². The fourth-order valence-electron chi connectivity index (χ4n) is 3.09. The smallest absolute Gasteiger partial charge is 0.326 e. The van der Waals surface area contributed by atoms with Gasteiger partial charge >= 0.3 is 24.0 Å². The molecule has 0 heterocycles. The van der Waals surface area contributed by atoms with Crippen molar-refractivity contribution in [3.8, 4) is 0 Å². The summed E-state index contributed by atoms with van der Waals surface area (Å²) in [5.74, 6) is -1.09. The van der Waals surface area contributed by atoms with Gasteiger partial charge < -0.3 is 20.9 Å². The van der Waals surface area contributed by atoms with Crippen LogP contribution in [-0.4, -0.2) is 50.3 Å². The van der Waals surface area contributed by atoms with Gasteiger partial charge in [0.25, 0.3) is 0 Å². The number of amides is 4. The first-order chi connectivity index (χ1) is 16.4. The lowest BCUT2D eigenvalue weighted by Crippen LogP contribution is -2.40. The topological polar surface area (TPSA) is 145 Å². The number of para-hydroxylation sites is 2. The lowest BCUT2D eigenvalue weighted by molar-refractivity contribution is -0.143. The SMILES string of the molecule is NC(=O)N(CC(=O)OCCCCCCOC(=O)CN(C(N)=O)c1ccccc1)c1ccccc1. The number of carbonyl (C=O) groups is 4. The van der Waals surface area contributed by atoms with Crippen LogP contribution in [0.2, 0.25) is 0 Å². The van der Waals surface area contributed by atoms with Crippen molar-refractivity contribution in [2.75, 3.05) is 36.1 Å². The van der Waals surface area contributed by atoms with Crippen molar-refractivity contribution < 1.29 is 28.7 Å². The first kappa shape index (κ1) is 26.2. The summed E-state index contributed by atoms with van der Waals surface area (Å²) in [6, 6.07) is 15.8. The molecule has 182 valence electrons. The van der Waals surface area contributed by atoms with Gasteiger partial charge in [-0.1, -0.05) is 36.4 Å². The molecule has 4 amide bonds. The third kappa shape index (κ3) is 9.19. The maximum atomic E-state index is 12.0. The van der Waals surface area contributed by atoms with Crippen LogP contribution in [0.4, 0.5) is 21.0 Å². The first-order valence-corrected chi connectivity index (χ1v) is 10.9. The summed E-state index contributed by atoms with van der Waals surface area (Å²) in [6.07, 6.45) is 2.79. The van der Waals surface area contributed by atoms with Crippen LogP contribution < -0.4 is 21.3 Å². The first-order valence-electron chi connectivity index (χ1n) is 10.9. The molecule has 10 heteroatoms. The molecule has 2 rings (SSSR count). The van der Waals surface area contributed by atoms with Gasteiger partial charge in [-0.05, 0) is 49.9 Å². The highest BCUT2D eigenvalue weighted by atomic mass is 16.5. The number of hydrogen-bond acceptors (Lipinski definition) is 6. The van der Waals surface area contributed by atoms with Gasteiger partial charge in [0.15, 0.2) is 0 Å². The largest absolute Gasteiger partial charge is 0.464 e. The van der Waals surface area contributed by atoms with E-state index in [1.54, 1.807) is 60.7 Å². The number of urea groups is 2. The molecule has 0 aromatic heterocycles. The molecule has 2 aromatic rings. The lowest BCUT2D eigenvalue weighted by atomic mass is 10.2. The molecule has 0 atom stereocenters. The molecule has 0 spiro atoms. The summed E-state index contributed by atoms with van der Waals surface area (Å²) in [5, 5.41) is 0. The highest BCUT2D eigenvalue weighted by molar-refractivity contribution is 5.96. The number of ether oxygens (including phenoxy) is 2. The number of carbonyl (C=O) groups excluding carboxylic acids is 4. The van der Waals surface area contributed by atoms with Crippen LogP contribution >= 0.6 is 0 Å². The Morgan fingerprint density at radius 1 is 0.588 bits per heavy atom. The minimum Gasteiger partial charge on any atom is -0.464 e. The number of primary amides is 2. The molecule has 0 aliphatic heterocycles. The molecule has 2 aromatic carbocycles. The van der Waals surface area contributed by atoms with E-state index < -0.39 is 24.0 Å². The number of anilines is 2. The Morgan fingerprint density at radius 3 is 1.26 bits per heavy atom. The number of nitrogens with zero attached hydrogens (tertiary/aromatic N) is 2. The van der Waals surface area contributed by atoms with Crippen LogP contribution in [0.5, 0.6) is 0 Å². The number of benzene rings is 2. The second-order valence-electron chi connectivity index (χ2n) is 7.38. The molecule has 34 heavy (non-hydrogen) atoms. The maximum Gasteiger partial charge on any atom is 0.326 e. The second kappa shape index (κ2) is 14.1. The molecule has 0 saturated heterocycles. The summed E-state index contributed by atoms with van der Waals surface area (Å²) in [4.78, 5) is 49.5. The van der Waals surface area contributed by atoms with Gasteiger partial charge in [-0.15, -0.1) is 0 Å². The van der Waals surface area contributed by atoms with Gasteiger partial charge in [-0.2, -0.15) is 0 Å². The van der Waals surface area contributed by atoms with Crippen LogP contribution in [-0.2, 0) is 19.1 Å². The summed E-state index contributed by atoms with van der Waals surface area (Å²) in [6.45, 7) is -0.101. The average molecular weight is 471 g/mol. The van der Waals surface area contributed by atoms with Crippen molar-refractivity contribution >= 4 is 35.4 Å². The highest BCUT2D eigenvalue weighted by Crippen LogP contribution is 2.14. The normalized spacial score (nSPS) is 10.2. The van der Waals surface area contributed by atoms with Crippen molar-refractivity contribution in [1.82, 2.24) is 0 Å². The maximum absolute atomic E-state index is 12.0. The zero-order valence-electron chi connectivity index (χ0n) is 18.9.